The second kappa shape index (κ2) is 6.93. The number of ether oxygens (including phenoxy) is 1. The number of amides is 2. The summed E-state index contributed by atoms with van der Waals surface area (Å²) in [7, 11) is 1.32. The number of nitrogens with one attached hydrogen (secondary N) is 1. The van der Waals surface area contributed by atoms with Crippen molar-refractivity contribution in [3.05, 3.63) is 0 Å². The van der Waals surface area contributed by atoms with E-state index < -0.39 is 24.6 Å². The molecule has 0 aromatic heterocycles. The molecule has 0 radical (unpaired) electrons. The molecule has 1 rings (SSSR count). The van der Waals surface area contributed by atoms with Gasteiger partial charge in [-0.2, -0.15) is 0 Å². The fourth-order valence-corrected chi connectivity index (χ4v) is 1.91. The molecule has 3 N–H and O–H groups in total. The van der Waals surface area contributed by atoms with Crippen molar-refractivity contribution in [1.82, 2.24) is 10.2 Å². The summed E-state index contributed by atoms with van der Waals surface area (Å²) in [5.41, 5.74) is 0. The van der Waals surface area contributed by atoms with Crippen LogP contribution in [0.2, 0.25) is 0 Å². The Morgan fingerprint density at radius 2 is 1.95 bits per heavy atom. The Kier molecular flexibility index (Phi) is 5.56. The summed E-state index contributed by atoms with van der Waals surface area (Å²) in [6.07, 6.45) is 0.966. The van der Waals surface area contributed by atoms with Crippen molar-refractivity contribution in [3.63, 3.8) is 0 Å². The number of likely N-dealkylation sites (tertiary alicyclic amines) is 1. The van der Waals surface area contributed by atoms with Gasteiger partial charge in [0.1, 0.15) is 0 Å². The van der Waals surface area contributed by atoms with Crippen molar-refractivity contribution >= 4 is 18.0 Å². The Labute approximate surface area is 110 Å². The minimum absolute atomic E-state index is 0.220. The lowest BCUT2D eigenvalue weighted by Crippen LogP contribution is -2.51. The smallest absolute Gasteiger partial charge is 0.328 e. The van der Waals surface area contributed by atoms with Gasteiger partial charge < -0.3 is 25.2 Å². The Bertz CT molecular complexity index is 351. The molecule has 0 unspecified atom stereocenters. The molecule has 0 saturated carbocycles. The second-order valence-corrected chi connectivity index (χ2v) is 4.31. The number of hydrogen-bond donors (Lipinski definition) is 3. The largest absolute Gasteiger partial charge is 0.480 e. The summed E-state index contributed by atoms with van der Waals surface area (Å²) >= 11 is 0. The van der Waals surface area contributed by atoms with Gasteiger partial charge in [0.15, 0.2) is 6.04 Å². The van der Waals surface area contributed by atoms with Crippen molar-refractivity contribution in [1.29, 1.82) is 0 Å². The molecule has 108 valence electrons. The standard InChI is InChI=1S/C11H18N2O6/c1-19-10(17)7-2-4-13(5-3-7)11(18)12-8(6-14)9(15)16/h7-8,14H,2-6H2,1H3,(H,12,18)(H,15,16)/t8-/m0/s1. The summed E-state index contributed by atoms with van der Waals surface area (Å²) in [4.78, 5) is 35.1. The number of piperidine rings is 1. The highest BCUT2D eigenvalue weighted by molar-refractivity contribution is 5.83. The molecule has 0 aromatic carbocycles. The number of urea groups is 1. The van der Waals surface area contributed by atoms with Crippen molar-refractivity contribution in [2.45, 2.75) is 18.9 Å². The minimum atomic E-state index is -1.31. The quantitative estimate of drug-likeness (QED) is 0.568. The number of hydrogen-bond acceptors (Lipinski definition) is 5. The zero-order valence-corrected chi connectivity index (χ0v) is 10.7. The van der Waals surface area contributed by atoms with E-state index in [9.17, 15) is 14.4 Å². The summed E-state index contributed by atoms with van der Waals surface area (Å²) in [6, 6.07) is -1.87. The predicted molar refractivity (Wildman–Crippen MR) is 63.4 cm³/mol. The van der Waals surface area contributed by atoms with Crippen LogP contribution in [-0.4, -0.2) is 65.9 Å². The maximum absolute atomic E-state index is 11.7. The average Bonchev–Trinajstić information content (AvgIpc) is 2.43. The van der Waals surface area contributed by atoms with Crippen molar-refractivity contribution in [2.24, 2.45) is 5.92 Å². The van der Waals surface area contributed by atoms with Crippen LogP contribution in [0.4, 0.5) is 4.79 Å². The zero-order valence-electron chi connectivity index (χ0n) is 10.7. The van der Waals surface area contributed by atoms with Crippen LogP contribution < -0.4 is 5.32 Å². The molecule has 1 saturated heterocycles. The van der Waals surface area contributed by atoms with Gasteiger partial charge in [0.25, 0.3) is 0 Å². The van der Waals surface area contributed by atoms with E-state index >= 15 is 0 Å². The third-order valence-electron chi connectivity index (χ3n) is 3.10. The van der Waals surface area contributed by atoms with E-state index in [1.807, 2.05) is 0 Å². The molecule has 1 atom stereocenters. The van der Waals surface area contributed by atoms with Gasteiger partial charge in [-0.25, -0.2) is 9.59 Å². The molecular formula is C11H18N2O6. The normalized spacial score (nSPS) is 17.7. The fourth-order valence-electron chi connectivity index (χ4n) is 1.91. The lowest BCUT2D eigenvalue weighted by Gasteiger charge is -2.31. The van der Waals surface area contributed by atoms with Crippen LogP contribution in [0.1, 0.15) is 12.8 Å². The summed E-state index contributed by atoms with van der Waals surface area (Å²) in [5.74, 6) is -1.80. The summed E-state index contributed by atoms with van der Waals surface area (Å²) in [6.45, 7) is 0.0342. The Morgan fingerprint density at radius 1 is 1.37 bits per heavy atom. The number of esters is 1. The van der Waals surface area contributed by atoms with Crippen LogP contribution in [0.5, 0.6) is 0 Å². The third-order valence-corrected chi connectivity index (χ3v) is 3.10. The first-order valence-electron chi connectivity index (χ1n) is 5.96. The SMILES string of the molecule is COC(=O)C1CCN(C(=O)N[C@@H](CO)C(=O)O)CC1. The lowest BCUT2D eigenvalue weighted by atomic mass is 9.97. The fraction of sp³-hybridized carbons (Fsp3) is 0.727. The van der Waals surface area contributed by atoms with Crippen molar-refractivity contribution < 1.29 is 29.3 Å². The monoisotopic (exact) mass is 274 g/mol. The third kappa shape index (κ3) is 4.09. The Morgan fingerprint density at radius 3 is 2.37 bits per heavy atom. The molecule has 1 aliphatic heterocycles. The van der Waals surface area contributed by atoms with Crippen LogP contribution >= 0.6 is 0 Å². The van der Waals surface area contributed by atoms with Crippen LogP contribution in [0.15, 0.2) is 0 Å². The molecule has 1 heterocycles. The first-order chi connectivity index (χ1) is 8.99. The molecule has 0 bridgehead atoms. The van der Waals surface area contributed by atoms with Crippen LogP contribution in [0, 0.1) is 5.92 Å². The molecule has 2 amide bonds. The molecule has 1 aliphatic rings. The van der Waals surface area contributed by atoms with Crippen molar-refractivity contribution in [2.75, 3.05) is 26.8 Å². The van der Waals surface area contributed by atoms with Gasteiger partial charge in [0.05, 0.1) is 19.6 Å². The number of nitrogens with zero attached hydrogens (tertiary/aromatic N) is 1. The Hall–Kier alpha value is -1.83. The van der Waals surface area contributed by atoms with Gasteiger partial charge in [0.2, 0.25) is 0 Å². The van der Waals surface area contributed by atoms with Crippen LogP contribution in [0.25, 0.3) is 0 Å². The highest BCUT2D eigenvalue weighted by Crippen LogP contribution is 2.18. The van der Waals surface area contributed by atoms with Crippen molar-refractivity contribution in [3.8, 4) is 0 Å². The first kappa shape index (κ1) is 15.2. The van der Waals surface area contributed by atoms with Crippen LogP contribution in [0.3, 0.4) is 0 Å². The number of methoxy groups -OCH3 is 1. The van der Waals surface area contributed by atoms with E-state index in [4.69, 9.17) is 10.2 Å². The Balaban J connectivity index is 2.44. The topological polar surface area (TPSA) is 116 Å². The molecule has 0 aliphatic carbocycles. The van der Waals surface area contributed by atoms with E-state index in [0.29, 0.717) is 25.9 Å². The highest BCUT2D eigenvalue weighted by Gasteiger charge is 2.29. The number of carbonyl (C=O) groups excluding carboxylic acids is 2. The maximum atomic E-state index is 11.7. The number of rotatable bonds is 4. The number of carbonyl (C=O) groups is 3. The highest BCUT2D eigenvalue weighted by atomic mass is 16.5. The number of carboxylic acids is 1. The van der Waals surface area contributed by atoms with Crippen LogP contribution in [-0.2, 0) is 14.3 Å². The van der Waals surface area contributed by atoms with Gasteiger partial charge >= 0.3 is 18.0 Å². The van der Waals surface area contributed by atoms with Gasteiger partial charge in [-0.3, -0.25) is 4.79 Å². The number of aliphatic hydroxyl groups excluding tert-OH is 1. The summed E-state index contributed by atoms with van der Waals surface area (Å²) < 4.78 is 4.63. The van der Waals surface area contributed by atoms with E-state index in [1.54, 1.807) is 0 Å². The van der Waals surface area contributed by atoms with Gasteiger partial charge in [-0.05, 0) is 12.8 Å². The van der Waals surface area contributed by atoms with Gasteiger partial charge in [-0.15, -0.1) is 0 Å². The average molecular weight is 274 g/mol. The molecule has 19 heavy (non-hydrogen) atoms. The summed E-state index contributed by atoms with van der Waals surface area (Å²) in [5, 5.41) is 19.7. The minimum Gasteiger partial charge on any atom is -0.480 e. The van der Waals surface area contributed by atoms with Gasteiger partial charge in [-0.1, -0.05) is 0 Å². The zero-order chi connectivity index (χ0) is 14.4. The van der Waals surface area contributed by atoms with E-state index in [1.165, 1.54) is 12.0 Å². The predicted octanol–water partition coefficient (Wildman–Crippen LogP) is -0.973. The second-order valence-electron chi connectivity index (χ2n) is 4.31. The van der Waals surface area contributed by atoms with E-state index in [0.717, 1.165) is 0 Å². The van der Waals surface area contributed by atoms with E-state index in [2.05, 4.69) is 10.1 Å². The maximum Gasteiger partial charge on any atom is 0.328 e. The molecule has 8 nitrogen and oxygen atoms in total. The molecule has 8 heteroatoms. The first-order valence-corrected chi connectivity index (χ1v) is 5.96. The molecule has 1 fully saturated rings. The molecular weight excluding hydrogens is 256 g/mol. The van der Waals surface area contributed by atoms with E-state index in [-0.39, 0.29) is 11.9 Å². The number of aliphatic carboxylic acids is 1. The number of aliphatic hydroxyl groups is 1. The lowest BCUT2D eigenvalue weighted by molar-refractivity contribution is -0.146. The molecule has 0 spiro atoms. The molecule has 0 aromatic rings. The van der Waals surface area contributed by atoms with Gasteiger partial charge in [0, 0.05) is 13.1 Å². The number of carboxylic acid groups (broad SMARTS) is 1.